The molecule has 1 rings (SSSR count). The van der Waals surface area contributed by atoms with E-state index in [1.54, 1.807) is 50.3 Å². The molecular weight excluding hydrogens is 214 g/mol. The lowest BCUT2D eigenvalue weighted by atomic mass is 9.86. The van der Waals surface area contributed by atoms with E-state index in [4.69, 9.17) is 5.26 Å². The van der Waals surface area contributed by atoms with Gasteiger partial charge < -0.3 is 5.11 Å². The summed E-state index contributed by atoms with van der Waals surface area (Å²) in [5.41, 5.74) is -0.148. The average Bonchev–Trinajstić information content (AvgIpc) is 2.36. The number of benzene rings is 1. The molecule has 0 amide bonds. The number of aliphatic hydroxyl groups excluding tert-OH is 1. The van der Waals surface area contributed by atoms with E-state index in [-0.39, 0.29) is 5.78 Å². The fraction of sp³-hybridized carbons (Fsp3) is 0.286. The molecule has 0 spiro atoms. The fourth-order valence-corrected chi connectivity index (χ4v) is 1.25. The van der Waals surface area contributed by atoms with Gasteiger partial charge in [-0.1, -0.05) is 50.3 Å². The van der Waals surface area contributed by atoms with Gasteiger partial charge in [0, 0.05) is 11.0 Å². The summed E-state index contributed by atoms with van der Waals surface area (Å²) >= 11 is 0. The minimum atomic E-state index is -1.12. The van der Waals surface area contributed by atoms with Crippen molar-refractivity contribution < 1.29 is 9.90 Å². The molecule has 0 aliphatic heterocycles. The first-order valence-corrected chi connectivity index (χ1v) is 5.33. The van der Waals surface area contributed by atoms with Crippen LogP contribution >= 0.6 is 0 Å². The van der Waals surface area contributed by atoms with Crippen LogP contribution in [-0.4, -0.2) is 17.0 Å². The Hall–Kier alpha value is -1.92. The van der Waals surface area contributed by atoms with E-state index in [9.17, 15) is 9.90 Å². The van der Waals surface area contributed by atoms with E-state index in [0.717, 1.165) is 0 Å². The Morgan fingerprint density at radius 2 is 2.00 bits per heavy atom. The summed E-state index contributed by atoms with van der Waals surface area (Å²) in [5, 5.41) is 18.1. The second-order valence-corrected chi connectivity index (χ2v) is 4.42. The van der Waals surface area contributed by atoms with E-state index in [1.165, 1.54) is 6.08 Å². The lowest BCUT2D eigenvalue weighted by molar-refractivity contribution is 0.104. The normalized spacial score (nSPS) is 13.3. The highest BCUT2D eigenvalue weighted by Gasteiger charge is 2.24. The van der Waals surface area contributed by atoms with Gasteiger partial charge in [0.2, 0.25) is 0 Å². The summed E-state index contributed by atoms with van der Waals surface area (Å²) < 4.78 is 0. The van der Waals surface area contributed by atoms with Crippen molar-refractivity contribution in [3.63, 3.8) is 0 Å². The Morgan fingerprint density at radius 1 is 1.41 bits per heavy atom. The molecule has 1 N–H and O–H groups in total. The standard InChI is InChI=1S/C14H15NO2/c1-14(2,13(17)10-15)9-8-12(16)11-6-4-3-5-7-11/h3-9,13,17H,1-2H3/b9-8+. The van der Waals surface area contributed by atoms with Crippen molar-refractivity contribution in [2.24, 2.45) is 5.41 Å². The van der Waals surface area contributed by atoms with Crippen LogP contribution in [0.4, 0.5) is 0 Å². The van der Waals surface area contributed by atoms with E-state index < -0.39 is 11.5 Å². The molecule has 3 heteroatoms. The topological polar surface area (TPSA) is 61.1 Å². The summed E-state index contributed by atoms with van der Waals surface area (Å²) in [6, 6.07) is 10.6. The number of ketones is 1. The zero-order valence-electron chi connectivity index (χ0n) is 9.92. The molecule has 0 saturated heterocycles. The molecule has 0 saturated carbocycles. The van der Waals surface area contributed by atoms with E-state index >= 15 is 0 Å². The second-order valence-electron chi connectivity index (χ2n) is 4.42. The molecule has 0 fully saturated rings. The molecule has 0 aromatic heterocycles. The van der Waals surface area contributed by atoms with Gasteiger partial charge in [0.1, 0.15) is 6.10 Å². The first kappa shape index (κ1) is 13.1. The van der Waals surface area contributed by atoms with Gasteiger partial charge in [-0.2, -0.15) is 5.26 Å². The predicted molar refractivity (Wildman–Crippen MR) is 65.3 cm³/mol. The SMILES string of the molecule is CC(C)(/C=C/C(=O)c1ccccc1)C(O)C#N. The molecule has 1 atom stereocenters. The predicted octanol–water partition coefficient (Wildman–Crippen LogP) is 2.34. The van der Waals surface area contributed by atoms with Gasteiger partial charge in [-0.25, -0.2) is 0 Å². The third-order valence-corrected chi connectivity index (χ3v) is 2.55. The average molecular weight is 229 g/mol. The van der Waals surface area contributed by atoms with Gasteiger partial charge in [-0.3, -0.25) is 4.79 Å². The first-order chi connectivity index (χ1) is 7.97. The van der Waals surface area contributed by atoms with Crippen LogP contribution in [0.2, 0.25) is 0 Å². The van der Waals surface area contributed by atoms with Crippen LogP contribution in [0.5, 0.6) is 0 Å². The zero-order valence-corrected chi connectivity index (χ0v) is 9.92. The summed E-state index contributed by atoms with van der Waals surface area (Å²) in [6.07, 6.45) is 1.84. The summed E-state index contributed by atoms with van der Waals surface area (Å²) in [4.78, 5) is 11.8. The summed E-state index contributed by atoms with van der Waals surface area (Å²) in [7, 11) is 0. The summed E-state index contributed by atoms with van der Waals surface area (Å²) in [5.74, 6) is -0.135. The van der Waals surface area contributed by atoms with Crippen LogP contribution in [-0.2, 0) is 0 Å². The van der Waals surface area contributed by atoms with Crippen LogP contribution in [0.3, 0.4) is 0 Å². The van der Waals surface area contributed by atoms with Crippen LogP contribution in [0.1, 0.15) is 24.2 Å². The van der Waals surface area contributed by atoms with Crippen molar-refractivity contribution in [2.45, 2.75) is 20.0 Å². The van der Waals surface area contributed by atoms with Crippen molar-refractivity contribution in [1.82, 2.24) is 0 Å². The molecule has 3 nitrogen and oxygen atoms in total. The molecular formula is C14H15NO2. The number of carbonyl (C=O) groups is 1. The number of carbonyl (C=O) groups excluding carboxylic acids is 1. The fourth-order valence-electron chi connectivity index (χ4n) is 1.25. The van der Waals surface area contributed by atoms with Crippen molar-refractivity contribution in [3.8, 4) is 6.07 Å². The van der Waals surface area contributed by atoms with Crippen LogP contribution in [0.15, 0.2) is 42.5 Å². The van der Waals surface area contributed by atoms with E-state index in [1.807, 2.05) is 6.07 Å². The maximum Gasteiger partial charge on any atom is 0.185 e. The van der Waals surface area contributed by atoms with Crippen molar-refractivity contribution in [1.29, 1.82) is 5.26 Å². The van der Waals surface area contributed by atoms with E-state index in [2.05, 4.69) is 0 Å². The third kappa shape index (κ3) is 3.54. The van der Waals surface area contributed by atoms with E-state index in [0.29, 0.717) is 5.56 Å². The number of hydrogen-bond donors (Lipinski definition) is 1. The van der Waals surface area contributed by atoms with Crippen LogP contribution in [0, 0.1) is 16.7 Å². The van der Waals surface area contributed by atoms with Crippen LogP contribution in [0.25, 0.3) is 0 Å². The van der Waals surface area contributed by atoms with Crippen LogP contribution < -0.4 is 0 Å². The lowest BCUT2D eigenvalue weighted by Gasteiger charge is -2.21. The molecule has 0 heterocycles. The van der Waals surface area contributed by atoms with Crippen molar-refractivity contribution in [2.75, 3.05) is 0 Å². The molecule has 1 aromatic rings. The minimum Gasteiger partial charge on any atom is -0.377 e. The molecule has 0 bridgehead atoms. The zero-order chi connectivity index (χ0) is 12.9. The van der Waals surface area contributed by atoms with Gasteiger partial charge >= 0.3 is 0 Å². The second kappa shape index (κ2) is 5.42. The number of hydrogen-bond acceptors (Lipinski definition) is 3. The molecule has 0 aliphatic carbocycles. The Morgan fingerprint density at radius 3 is 2.53 bits per heavy atom. The molecule has 88 valence electrons. The Balaban J connectivity index is 2.80. The maximum absolute atomic E-state index is 11.8. The minimum absolute atomic E-state index is 0.135. The van der Waals surface area contributed by atoms with Gasteiger partial charge in [-0.05, 0) is 6.08 Å². The smallest absolute Gasteiger partial charge is 0.185 e. The Labute approximate surface area is 101 Å². The molecule has 1 unspecified atom stereocenters. The molecule has 0 radical (unpaired) electrons. The van der Waals surface area contributed by atoms with Gasteiger partial charge in [0.15, 0.2) is 5.78 Å². The van der Waals surface area contributed by atoms with Gasteiger partial charge in [-0.15, -0.1) is 0 Å². The lowest BCUT2D eigenvalue weighted by Crippen LogP contribution is -2.25. The molecule has 0 aliphatic rings. The number of rotatable bonds is 4. The van der Waals surface area contributed by atoms with Crippen molar-refractivity contribution in [3.05, 3.63) is 48.0 Å². The molecule has 1 aromatic carbocycles. The quantitative estimate of drug-likeness (QED) is 0.489. The number of allylic oxidation sites excluding steroid dienone is 1. The summed E-state index contributed by atoms with van der Waals surface area (Å²) in [6.45, 7) is 3.41. The van der Waals surface area contributed by atoms with Gasteiger partial charge in [0.25, 0.3) is 0 Å². The third-order valence-electron chi connectivity index (χ3n) is 2.55. The number of aliphatic hydroxyl groups is 1. The first-order valence-electron chi connectivity index (χ1n) is 5.33. The Bertz CT molecular complexity index is 455. The monoisotopic (exact) mass is 229 g/mol. The number of nitrogens with zero attached hydrogens (tertiary/aromatic N) is 1. The highest BCUT2D eigenvalue weighted by molar-refractivity contribution is 6.04. The van der Waals surface area contributed by atoms with Crippen molar-refractivity contribution >= 4 is 5.78 Å². The number of nitriles is 1. The largest absolute Gasteiger partial charge is 0.377 e. The Kier molecular flexibility index (Phi) is 4.19. The maximum atomic E-state index is 11.8. The molecule has 17 heavy (non-hydrogen) atoms. The van der Waals surface area contributed by atoms with Gasteiger partial charge in [0.05, 0.1) is 6.07 Å². The highest BCUT2D eigenvalue weighted by atomic mass is 16.3. The highest BCUT2D eigenvalue weighted by Crippen LogP contribution is 2.22.